The number of nitrogens with zero attached hydrogens (tertiary/aromatic N) is 3. The summed E-state index contributed by atoms with van der Waals surface area (Å²) in [5.74, 6) is -0.203. The molecule has 0 saturated carbocycles. The van der Waals surface area contributed by atoms with Crippen molar-refractivity contribution >= 4 is 23.2 Å². The third kappa shape index (κ3) is 3.88. The van der Waals surface area contributed by atoms with Crippen molar-refractivity contribution in [1.82, 2.24) is 20.0 Å². The van der Waals surface area contributed by atoms with Gasteiger partial charge in [-0.15, -0.1) is 0 Å². The largest absolute Gasteiger partial charge is 0.349 e. The quantitative estimate of drug-likeness (QED) is 0.884. The van der Waals surface area contributed by atoms with E-state index in [-0.39, 0.29) is 29.3 Å². The molecule has 0 radical (unpaired) electrons. The van der Waals surface area contributed by atoms with Crippen molar-refractivity contribution in [3.05, 3.63) is 51.1 Å². The second kappa shape index (κ2) is 7.39. The molecule has 8 heteroatoms. The number of nitrogens with one attached hydrogen (secondary N) is 1. The average molecular weight is 346 g/mol. The van der Waals surface area contributed by atoms with Gasteiger partial charge in [-0.3, -0.25) is 14.4 Å². The van der Waals surface area contributed by atoms with Crippen LogP contribution in [-0.4, -0.2) is 45.6 Å². The van der Waals surface area contributed by atoms with Crippen LogP contribution in [-0.2, 0) is 11.3 Å². The van der Waals surface area contributed by atoms with E-state index in [1.54, 1.807) is 17.0 Å². The van der Waals surface area contributed by atoms with E-state index in [0.29, 0.717) is 31.5 Å². The number of piperidine rings is 1. The van der Waals surface area contributed by atoms with Gasteiger partial charge in [0.1, 0.15) is 12.1 Å². The molecule has 7 nitrogen and oxygen atoms in total. The highest BCUT2D eigenvalue weighted by atomic mass is 32.1. The third-order valence-corrected chi connectivity index (χ3v) is 4.67. The number of likely N-dealkylation sites (tertiary alicyclic amines) is 1. The Morgan fingerprint density at radius 1 is 1.21 bits per heavy atom. The Hall–Kier alpha value is -2.48. The van der Waals surface area contributed by atoms with E-state index in [1.165, 1.54) is 10.2 Å². The van der Waals surface area contributed by atoms with Crippen molar-refractivity contribution in [2.75, 3.05) is 13.1 Å². The summed E-state index contributed by atoms with van der Waals surface area (Å²) in [6.45, 7) is 1.11. The number of amides is 2. The van der Waals surface area contributed by atoms with Crippen LogP contribution < -0.4 is 10.2 Å². The SMILES string of the molecule is O=C(NC1CCN(C(=O)Cn2ncsc2=O)CC1)c1ccccc1. The van der Waals surface area contributed by atoms with Crippen LogP contribution in [0.3, 0.4) is 0 Å². The van der Waals surface area contributed by atoms with Gasteiger partial charge in [-0.25, -0.2) is 4.68 Å². The van der Waals surface area contributed by atoms with Gasteiger partial charge in [-0.05, 0) is 25.0 Å². The minimum Gasteiger partial charge on any atom is -0.349 e. The summed E-state index contributed by atoms with van der Waals surface area (Å²) in [5.41, 5.74) is 2.07. The van der Waals surface area contributed by atoms with Crippen molar-refractivity contribution in [1.29, 1.82) is 0 Å². The van der Waals surface area contributed by atoms with Crippen LogP contribution in [0.15, 0.2) is 40.6 Å². The molecular formula is C16H18N4O3S. The molecule has 1 aliphatic heterocycles. The normalized spacial score (nSPS) is 15.2. The monoisotopic (exact) mass is 346 g/mol. The molecule has 126 valence electrons. The number of rotatable bonds is 4. The Bertz CT molecular complexity index is 763. The first-order valence-corrected chi connectivity index (χ1v) is 8.66. The van der Waals surface area contributed by atoms with Crippen molar-refractivity contribution in [2.24, 2.45) is 0 Å². The van der Waals surface area contributed by atoms with E-state index in [9.17, 15) is 14.4 Å². The van der Waals surface area contributed by atoms with Crippen LogP contribution in [0.2, 0.25) is 0 Å². The first-order valence-electron chi connectivity index (χ1n) is 7.78. The van der Waals surface area contributed by atoms with Gasteiger partial charge in [0.15, 0.2) is 0 Å². The van der Waals surface area contributed by atoms with E-state index in [0.717, 1.165) is 11.3 Å². The van der Waals surface area contributed by atoms with Crippen LogP contribution in [0.5, 0.6) is 0 Å². The number of aromatic nitrogens is 2. The lowest BCUT2D eigenvalue weighted by atomic mass is 10.0. The van der Waals surface area contributed by atoms with Crippen LogP contribution in [0.25, 0.3) is 0 Å². The molecule has 1 aliphatic rings. The molecule has 0 aliphatic carbocycles. The molecule has 3 rings (SSSR count). The Labute approximate surface area is 142 Å². The summed E-state index contributed by atoms with van der Waals surface area (Å²) in [5, 5.41) is 6.86. The van der Waals surface area contributed by atoms with Crippen LogP contribution >= 0.6 is 11.3 Å². The molecule has 0 unspecified atom stereocenters. The lowest BCUT2D eigenvalue weighted by molar-refractivity contribution is -0.133. The summed E-state index contributed by atoms with van der Waals surface area (Å²) in [7, 11) is 0. The molecule has 1 aromatic heterocycles. The zero-order valence-corrected chi connectivity index (χ0v) is 13.9. The summed E-state index contributed by atoms with van der Waals surface area (Å²) in [6.07, 6.45) is 1.41. The predicted octanol–water partition coefficient (Wildman–Crippen LogP) is 0.726. The van der Waals surface area contributed by atoms with Gasteiger partial charge >= 0.3 is 4.87 Å². The summed E-state index contributed by atoms with van der Waals surface area (Å²) in [4.78, 5) is 37.3. The van der Waals surface area contributed by atoms with Gasteiger partial charge in [0, 0.05) is 24.7 Å². The lowest BCUT2D eigenvalue weighted by Gasteiger charge is -2.32. The van der Waals surface area contributed by atoms with Crippen LogP contribution in [0.4, 0.5) is 0 Å². The second-order valence-electron chi connectivity index (χ2n) is 5.66. The first-order chi connectivity index (χ1) is 11.6. The van der Waals surface area contributed by atoms with Gasteiger partial charge in [0.25, 0.3) is 5.91 Å². The molecule has 2 aromatic rings. The lowest BCUT2D eigenvalue weighted by Crippen LogP contribution is -2.47. The molecular weight excluding hydrogens is 328 g/mol. The van der Waals surface area contributed by atoms with Gasteiger partial charge in [-0.2, -0.15) is 5.10 Å². The Kier molecular flexibility index (Phi) is 5.05. The maximum absolute atomic E-state index is 12.2. The van der Waals surface area contributed by atoms with E-state index in [1.807, 2.05) is 18.2 Å². The van der Waals surface area contributed by atoms with Crippen molar-refractivity contribution in [3.63, 3.8) is 0 Å². The van der Waals surface area contributed by atoms with E-state index in [4.69, 9.17) is 0 Å². The molecule has 0 atom stereocenters. The fourth-order valence-corrected chi connectivity index (χ4v) is 3.18. The second-order valence-corrected chi connectivity index (χ2v) is 6.45. The Morgan fingerprint density at radius 2 is 1.92 bits per heavy atom. The van der Waals surface area contributed by atoms with E-state index < -0.39 is 0 Å². The van der Waals surface area contributed by atoms with Crippen molar-refractivity contribution in [3.8, 4) is 0 Å². The van der Waals surface area contributed by atoms with Gasteiger partial charge in [0.2, 0.25) is 5.91 Å². The molecule has 0 spiro atoms. The number of carbonyl (C=O) groups is 2. The van der Waals surface area contributed by atoms with Crippen molar-refractivity contribution in [2.45, 2.75) is 25.4 Å². The number of hydrogen-bond acceptors (Lipinski definition) is 5. The Morgan fingerprint density at radius 3 is 2.54 bits per heavy atom. The highest BCUT2D eigenvalue weighted by molar-refractivity contribution is 7.06. The maximum Gasteiger partial charge on any atom is 0.325 e. The molecule has 24 heavy (non-hydrogen) atoms. The number of benzene rings is 1. The van der Waals surface area contributed by atoms with Gasteiger partial charge in [0.05, 0.1) is 0 Å². The topological polar surface area (TPSA) is 84.3 Å². The molecule has 2 heterocycles. The van der Waals surface area contributed by atoms with Gasteiger partial charge in [-0.1, -0.05) is 29.5 Å². The summed E-state index contributed by atoms with van der Waals surface area (Å²) < 4.78 is 1.18. The molecule has 2 amide bonds. The smallest absolute Gasteiger partial charge is 0.325 e. The highest BCUT2D eigenvalue weighted by Crippen LogP contribution is 2.12. The maximum atomic E-state index is 12.2. The van der Waals surface area contributed by atoms with Crippen molar-refractivity contribution < 1.29 is 9.59 Å². The molecule has 1 fully saturated rings. The van der Waals surface area contributed by atoms with E-state index in [2.05, 4.69) is 10.4 Å². The summed E-state index contributed by atoms with van der Waals surface area (Å²) in [6, 6.07) is 9.14. The predicted molar refractivity (Wildman–Crippen MR) is 89.9 cm³/mol. The van der Waals surface area contributed by atoms with Crippen LogP contribution in [0.1, 0.15) is 23.2 Å². The fourth-order valence-electron chi connectivity index (χ4n) is 2.70. The highest BCUT2D eigenvalue weighted by Gasteiger charge is 2.24. The summed E-state index contributed by atoms with van der Waals surface area (Å²) >= 11 is 0.976. The minimum absolute atomic E-state index is 0.0244. The van der Waals surface area contributed by atoms with Crippen LogP contribution in [0, 0.1) is 0 Å². The number of hydrogen-bond donors (Lipinski definition) is 1. The molecule has 0 bridgehead atoms. The molecule has 1 aromatic carbocycles. The van der Waals surface area contributed by atoms with Gasteiger partial charge < -0.3 is 10.2 Å². The Balaban J connectivity index is 1.49. The number of carbonyl (C=O) groups excluding carboxylic acids is 2. The van der Waals surface area contributed by atoms with E-state index >= 15 is 0 Å². The molecule has 1 saturated heterocycles. The first kappa shape index (κ1) is 16.4. The standard InChI is InChI=1S/C16H18N4O3S/c21-14(10-20-16(23)24-11-17-20)19-8-6-13(7-9-19)18-15(22)12-4-2-1-3-5-12/h1-5,11,13H,6-10H2,(H,18,22). The zero-order valence-electron chi connectivity index (χ0n) is 13.1. The zero-order chi connectivity index (χ0) is 16.9. The minimum atomic E-state index is -0.228. The third-order valence-electron chi connectivity index (χ3n) is 4.05. The fraction of sp³-hybridized carbons (Fsp3) is 0.375. The average Bonchev–Trinajstić information content (AvgIpc) is 3.01. The molecule has 1 N–H and O–H groups in total.